The molecule has 0 aliphatic carbocycles. The van der Waals surface area contributed by atoms with Gasteiger partial charge in [-0.1, -0.05) is 24.3 Å². The number of rotatable bonds is 5. The van der Waals surface area contributed by atoms with Crippen LogP contribution < -0.4 is 11.1 Å². The normalized spacial score (nSPS) is 10.8. The van der Waals surface area contributed by atoms with Gasteiger partial charge in [0.05, 0.1) is 5.52 Å². The van der Waals surface area contributed by atoms with Gasteiger partial charge in [0.2, 0.25) is 5.91 Å². The van der Waals surface area contributed by atoms with Crippen molar-refractivity contribution in [3.05, 3.63) is 70.0 Å². The number of oxazole rings is 1. The van der Waals surface area contributed by atoms with E-state index in [1.165, 1.54) is 6.07 Å². The fraction of sp³-hybridized carbons (Fsp3) is 0.176. The largest absolute Gasteiger partial charge is 0.417 e. The van der Waals surface area contributed by atoms with E-state index in [1.807, 2.05) is 0 Å². The third kappa shape index (κ3) is 3.66. The smallest absolute Gasteiger partial charge is 0.408 e. The molecule has 3 aromatic rings. The lowest BCUT2D eigenvalue weighted by molar-refractivity contribution is -0.121. The summed E-state index contributed by atoms with van der Waals surface area (Å²) in [6, 6.07) is 11.6. The molecule has 2 N–H and O–H groups in total. The molecule has 1 heterocycles. The van der Waals surface area contributed by atoms with Gasteiger partial charge in [-0.15, -0.1) is 0 Å². The number of fused-ring (bicyclic) bond motifs is 1. The molecule has 1 amide bonds. The number of hydrogen-bond acceptors (Lipinski definition) is 3. The maximum Gasteiger partial charge on any atom is 0.417 e. The van der Waals surface area contributed by atoms with Gasteiger partial charge in [-0.05, 0) is 35.7 Å². The van der Waals surface area contributed by atoms with Crippen LogP contribution in [0.15, 0.2) is 51.7 Å². The highest BCUT2D eigenvalue weighted by molar-refractivity contribution is 5.77. The van der Waals surface area contributed by atoms with Crippen LogP contribution in [-0.4, -0.2) is 10.9 Å². The Balaban J connectivity index is 1.55. The lowest BCUT2D eigenvalue weighted by Crippen LogP contribution is -2.23. The van der Waals surface area contributed by atoms with Crippen LogP contribution in [0.4, 0.5) is 4.39 Å². The summed E-state index contributed by atoms with van der Waals surface area (Å²) in [4.78, 5) is 25.5. The molecule has 0 unspecified atom stereocenters. The Morgan fingerprint density at radius 1 is 1.22 bits per heavy atom. The number of carbonyl (C=O) groups excluding carboxylic acids is 1. The summed E-state index contributed by atoms with van der Waals surface area (Å²) in [5, 5.41) is 2.78. The lowest BCUT2D eigenvalue weighted by Gasteiger charge is -2.06. The summed E-state index contributed by atoms with van der Waals surface area (Å²) in [7, 11) is 0. The molecule has 0 saturated heterocycles. The second kappa shape index (κ2) is 6.48. The Hall–Kier alpha value is -2.89. The van der Waals surface area contributed by atoms with Gasteiger partial charge in [-0.25, -0.2) is 9.18 Å². The van der Waals surface area contributed by atoms with Crippen molar-refractivity contribution in [3.63, 3.8) is 0 Å². The molecule has 118 valence electrons. The maximum absolute atomic E-state index is 13.5. The number of H-pyrrole nitrogens is 1. The second-order valence-corrected chi connectivity index (χ2v) is 5.21. The monoisotopic (exact) mass is 314 g/mol. The number of benzene rings is 2. The first-order valence-electron chi connectivity index (χ1n) is 7.24. The van der Waals surface area contributed by atoms with Crippen molar-refractivity contribution >= 4 is 17.0 Å². The topological polar surface area (TPSA) is 75.1 Å². The van der Waals surface area contributed by atoms with E-state index in [-0.39, 0.29) is 18.1 Å². The van der Waals surface area contributed by atoms with E-state index in [1.54, 1.807) is 36.4 Å². The summed E-state index contributed by atoms with van der Waals surface area (Å²) in [6.45, 7) is 0.333. The average molecular weight is 314 g/mol. The molecule has 0 fully saturated rings. The average Bonchev–Trinajstić information content (AvgIpc) is 2.91. The fourth-order valence-electron chi connectivity index (χ4n) is 2.35. The highest BCUT2D eigenvalue weighted by atomic mass is 19.1. The van der Waals surface area contributed by atoms with Gasteiger partial charge < -0.3 is 9.73 Å². The van der Waals surface area contributed by atoms with E-state index >= 15 is 0 Å². The zero-order valence-corrected chi connectivity index (χ0v) is 12.3. The van der Waals surface area contributed by atoms with E-state index < -0.39 is 5.76 Å². The highest BCUT2D eigenvalue weighted by Crippen LogP contribution is 2.12. The van der Waals surface area contributed by atoms with Gasteiger partial charge in [-0.3, -0.25) is 9.78 Å². The number of hydrogen-bond donors (Lipinski definition) is 2. The summed E-state index contributed by atoms with van der Waals surface area (Å²) in [5.41, 5.74) is 2.44. The van der Waals surface area contributed by atoms with Gasteiger partial charge >= 0.3 is 5.76 Å². The summed E-state index contributed by atoms with van der Waals surface area (Å²) in [6.07, 6.45) is 0.568. The number of aryl methyl sites for hydroxylation is 1. The lowest BCUT2D eigenvalue weighted by atomic mass is 10.1. The van der Waals surface area contributed by atoms with Crippen molar-refractivity contribution in [2.45, 2.75) is 19.4 Å². The van der Waals surface area contributed by atoms with Crippen LogP contribution in [-0.2, 0) is 17.8 Å². The Bertz CT molecular complexity index is 898. The van der Waals surface area contributed by atoms with Crippen LogP contribution >= 0.6 is 0 Å². The van der Waals surface area contributed by atoms with Crippen LogP contribution in [0.25, 0.3) is 11.1 Å². The predicted molar refractivity (Wildman–Crippen MR) is 83.4 cm³/mol. The Labute approximate surface area is 131 Å². The van der Waals surface area contributed by atoms with E-state index in [4.69, 9.17) is 4.42 Å². The van der Waals surface area contributed by atoms with Crippen molar-refractivity contribution < 1.29 is 13.6 Å². The Morgan fingerprint density at radius 3 is 2.87 bits per heavy atom. The number of aromatic nitrogens is 1. The second-order valence-electron chi connectivity index (χ2n) is 5.21. The minimum Gasteiger partial charge on any atom is -0.408 e. The van der Waals surface area contributed by atoms with Crippen molar-refractivity contribution in [1.29, 1.82) is 0 Å². The van der Waals surface area contributed by atoms with Crippen LogP contribution in [0.1, 0.15) is 17.5 Å². The van der Waals surface area contributed by atoms with Crippen LogP contribution in [0, 0.1) is 5.82 Å². The molecule has 0 bridgehead atoms. The molecule has 0 radical (unpaired) electrons. The quantitative estimate of drug-likeness (QED) is 0.760. The molecule has 5 nitrogen and oxygen atoms in total. The molecule has 1 aromatic heterocycles. The van der Waals surface area contributed by atoms with Crippen LogP contribution in [0.3, 0.4) is 0 Å². The van der Waals surface area contributed by atoms with Crippen LogP contribution in [0.2, 0.25) is 0 Å². The molecule has 0 aliphatic heterocycles. The molecule has 0 saturated carbocycles. The van der Waals surface area contributed by atoms with Crippen LogP contribution in [0.5, 0.6) is 0 Å². The molecule has 23 heavy (non-hydrogen) atoms. The third-order valence-corrected chi connectivity index (χ3v) is 3.55. The SMILES string of the molecule is O=C(CCc1ccccc1F)NCc1ccc2oc(=O)[nH]c2c1. The molecule has 6 heteroatoms. The molecule has 0 atom stereocenters. The maximum atomic E-state index is 13.5. The zero-order chi connectivity index (χ0) is 16.2. The van der Waals surface area contributed by atoms with E-state index in [2.05, 4.69) is 10.3 Å². The van der Waals surface area contributed by atoms with Crippen molar-refractivity contribution in [2.75, 3.05) is 0 Å². The number of aromatic amines is 1. The first-order chi connectivity index (χ1) is 11.1. The number of nitrogens with one attached hydrogen (secondary N) is 2. The standard InChI is InChI=1S/C17H15FN2O3/c18-13-4-2-1-3-12(13)6-8-16(21)19-10-11-5-7-15-14(9-11)20-17(22)23-15/h1-5,7,9H,6,8,10H2,(H,19,21)(H,20,22). The van der Waals surface area contributed by atoms with E-state index in [0.29, 0.717) is 29.6 Å². The van der Waals surface area contributed by atoms with Crippen molar-refractivity contribution in [2.24, 2.45) is 0 Å². The van der Waals surface area contributed by atoms with Crippen molar-refractivity contribution in [3.8, 4) is 0 Å². The minimum absolute atomic E-state index is 0.158. The fourth-order valence-corrected chi connectivity index (χ4v) is 2.35. The van der Waals surface area contributed by atoms with Crippen molar-refractivity contribution in [1.82, 2.24) is 10.3 Å². The first-order valence-corrected chi connectivity index (χ1v) is 7.24. The third-order valence-electron chi connectivity index (χ3n) is 3.55. The Morgan fingerprint density at radius 2 is 2.04 bits per heavy atom. The van der Waals surface area contributed by atoms with Gasteiger partial charge in [0.15, 0.2) is 5.58 Å². The Kier molecular flexibility index (Phi) is 4.23. The summed E-state index contributed by atoms with van der Waals surface area (Å²) >= 11 is 0. The van der Waals surface area contributed by atoms with Gasteiger partial charge in [0, 0.05) is 13.0 Å². The molecular formula is C17H15FN2O3. The van der Waals surface area contributed by atoms with Gasteiger partial charge in [-0.2, -0.15) is 0 Å². The molecule has 2 aromatic carbocycles. The molecule has 0 spiro atoms. The van der Waals surface area contributed by atoms with E-state index in [9.17, 15) is 14.0 Å². The minimum atomic E-state index is -0.508. The van der Waals surface area contributed by atoms with Gasteiger partial charge in [0.1, 0.15) is 5.82 Å². The predicted octanol–water partition coefficient (Wildman–Crippen LogP) is 2.51. The molecular weight excluding hydrogens is 299 g/mol. The summed E-state index contributed by atoms with van der Waals surface area (Å²) < 4.78 is 18.4. The van der Waals surface area contributed by atoms with Gasteiger partial charge in [0.25, 0.3) is 0 Å². The summed E-state index contributed by atoms with van der Waals surface area (Å²) in [5.74, 6) is -0.963. The first kappa shape index (κ1) is 15.0. The number of amides is 1. The molecule has 3 rings (SSSR count). The number of halogens is 1. The molecule has 0 aliphatic rings. The highest BCUT2D eigenvalue weighted by Gasteiger charge is 2.07. The number of carbonyl (C=O) groups is 1. The van der Waals surface area contributed by atoms with E-state index in [0.717, 1.165) is 5.56 Å². The zero-order valence-electron chi connectivity index (χ0n) is 12.3.